The van der Waals surface area contributed by atoms with E-state index in [1.807, 2.05) is 0 Å². The summed E-state index contributed by atoms with van der Waals surface area (Å²) in [4.78, 5) is 34.1. The average Bonchev–Trinajstić information content (AvgIpc) is 2.55. The minimum absolute atomic E-state index is 0.270. The van der Waals surface area contributed by atoms with Gasteiger partial charge in [0.2, 0.25) is 0 Å². The van der Waals surface area contributed by atoms with Crippen LogP contribution < -0.4 is 15.4 Å². The van der Waals surface area contributed by atoms with Gasteiger partial charge in [0, 0.05) is 5.56 Å². The van der Waals surface area contributed by atoms with E-state index in [1.165, 1.54) is 24.6 Å². The summed E-state index contributed by atoms with van der Waals surface area (Å²) >= 11 is 0. The molecule has 2 N–H and O–H groups in total. The number of carbonyl (C=O) groups excluding carboxylic acids is 3. The van der Waals surface area contributed by atoms with Crippen molar-refractivity contribution >= 4 is 17.8 Å². The Morgan fingerprint density at radius 2 is 1.71 bits per heavy atom. The smallest absolute Gasteiger partial charge is 0.405 e. The molecule has 0 aliphatic heterocycles. The summed E-state index contributed by atoms with van der Waals surface area (Å²) in [5.74, 6) is -2.06. The molecule has 1 aromatic carbocycles. The highest BCUT2D eigenvalue weighted by Gasteiger charge is 2.27. The lowest BCUT2D eigenvalue weighted by Crippen LogP contribution is -2.37. The molecule has 10 heteroatoms. The largest absolute Gasteiger partial charge is 0.497 e. The van der Waals surface area contributed by atoms with E-state index >= 15 is 0 Å². The van der Waals surface area contributed by atoms with Gasteiger partial charge in [-0.25, -0.2) is 0 Å². The first kappa shape index (κ1) is 19.3. The summed E-state index contributed by atoms with van der Waals surface area (Å²) in [6.07, 6.45) is -4.55. The van der Waals surface area contributed by atoms with Crippen LogP contribution in [0, 0.1) is 0 Å². The highest BCUT2D eigenvalue weighted by Crippen LogP contribution is 2.12. The fourth-order valence-corrected chi connectivity index (χ4v) is 1.44. The second-order valence-corrected chi connectivity index (χ2v) is 4.46. The molecule has 0 spiro atoms. The summed E-state index contributed by atoms with van der Waals surface area (Å²) in [5, 5.41) is 3.79. The highest BCUT2D eigenvalue weighted by atomic mass is 19.4. The molecule has 1 aromatic rings. The number of carbonyl (C=O) groups is 3. The Morgan fingerprint density at radius 3 is 2.25 bits per heavy atom. The number of nitrogens with one attached hydrogen (secondary N) is 2. The first-order chi connectivity index (χ1) is 11.2. The molecule has 0 fully saturated rings. The topological polar surface area (TPSA) is 93.7 Å². The summed E-state index contributed by atoms with van der Waals surface area (Å²) in [6.45, 7) is -2.91. The number of ether oxygens (including phenoxy) is 2. The number of alkyl halides is 3. The molecule has 2 amide bonds. The molecule has 0 atom stereocenters. The Kier molecular flexibility index (Phi) is 7.02. The van der Waals surface area contributed by atoms with E-state index in [0.29, 0.717) is 5.75 Å². The first-order valence-corrected chi connectivity index (χ1v) is 6.62. The number of benzene rings is 1. The molecule has 0 aliphatic rings. The van der Waals surface area contributed by atoms with E-state index < -0.39 is 43.7 Å². The standard InChI is InChI=1S/C14H15F3N2O5/c1-23-10-4-2-9(3-5-10)13(22)18-6-12(21)24-7-11(20)19-8-14(15,16)17/h2-5H,6-8H2,1H3,(H,18,22)(H,19,20). The lowest BCUT2D eigenvalue weighted by atomic mass is 10.2. The summed E-state index contributed by atoms with van der Waals surface area (Å²) in [5.41, 5.74) is 0.270. The Bertz CT molecular complexity index is 587. The molecular weight excluding hydrogens is 333 g/mol. The van der Waals surface area contributed by atoms with Gasteiger partial charge in [-0.05, 0) is 24.3 Å². The molecule has 0 aromatic heterocycles. The summed E-state index contributed by atoms with van der Waals surface area (Å²) in [6, 6.07) is 6.06. The van der Waals surface area contributed by atoms with E-state index in [9.17, 15) is 27.6 Å². The number of halogens is 3. The summed E-state index contributed by atoms with van der Waals surface area (Å²) in [7, 11) is 1.47. The van der Waals surface area contributed by atoms with Crippen molar-refractivity contribution < 1.29 is 37.0 Å². The lowest BCUT2D eigenvalue weighted by Gasteiger charge is -2.09. The van der Waals surface area contributed by atoms with Crippen molar-refractivity contribution in [2.75, 3.05) is 26.8 Å². The number of hydrogen-bond donors (Lipinski definition) is 2. The molecule has 1 rings (SSSR count). The van der Waals surface area contributed by atoms with Crippen LogP contribution in [-0.4, -0.2) is 50.8 Å². The molecule has 0 aliphatic carbocycles. The zero-order valence-corrected chi connectivity index (χ0v) is 12.6. The normalized spacial score (nSPS) is 10.7. The van der Waals surface area contributed by atoms with Crippen LogP contribution in [0.4, 0.5) is 13.2 Å². The van der Waals surface area contributed by atoms with Crippen molar-refractivity contribution in [3.05, 3.63) is 29.8 Å². The third-order valence-electron chi connectivity index (χ3n) is 2.60. The van der Waals surface area contributed by atoms with E-state index in [4.69, 9.17) is 4.74 Å². The summed E-state index contributed by atoms with van der Waals surface area (Å²) < 4.78 is 44.9. The number of amides is 2. The second kappa shape index (κ2) is 8.75. The van der Waals surface area contributed by atoms with Crippen molar-refractivity contribution in [2.24, 2.45) is 0 Å². The molecule has 0 radical (unpaired) electrons. The number of hydrogen-bond acceptors (Lipinski definition) is 5. The van der Waals surface area contributed by atoms with Gasteiger partial charge in [0.05, 0.1) is 7.11 Å². The zero-order chi connectivity index (χ0) is 18.2. The maximum absolute atomic E-state index is 11.9. The maximum atomic E-state index is 11.9. The van der Waals surface area contributed by atoms with Crippen LogP contribution in [0.1, 0.15) is 10.4 Å². The first-order valence-electron chi connectivity index (χ1n) is 6.62. The van der Waals surface area contributed by atoms with E-state index in [1.54, 1.807) is 12.1 Å². The minimum Gasteiger partial charge on any atom is -0.497 e. The van der Waals surface area contributed by atoms with Crippen LogP contribution in [-0.2, 0) is 14.3 Å². The van der Waals surface area contributed by atoms with Crippen molar-refractivity contribution in [3.8, 4) is 5.75 Å². The second-order valence-electron chi connectivity index (χ2n) is 4.46. The Balaban J connectivity index is 2.30. The van der Waals surface area contributed by atoms with Gasteiger partial charge in [-0.15, -0.1) is 0 Å². The molecule has 0 saturated heterocycles. The van der Waals surface area contributed by atoms with Crippen molar-refractivity contribution in [3.63, 3.8) is 0 Å². The molecule has 0 saturated carbocycles. The van der Waals surface area contributed by atoms with Gasteiger partial charge in [-0.2, -0.15) is 13.2 Å². The molecule has 0 bridgehead atoms. The third-order valence-corrected chi connectivity index (χ3v) is 2.60. The minimum atomic E-state index is -4.55. The van der Waals surface area contributed by atoms with Crippen LogP contribution in [0.15, 0.2) is 24.3 Å². The molecular formula is C14H15F3N2O5. The molecule has 7 nitrogen and oxygen atoms in total. The fourth-order valence-electron chi connectivity index (χ4n) is 1.44. The van der Waals surface area contributed by atoms with Gasteiger partial charge in [-0.1, -0.05) is 0 Å². The zero-order valence-electron chi connectivity index (χ0n) is 12.6. The molecule has 132 valence electrons. The van der Waals surface area contributed by atoms with E-state index in [-0.39, 0.29) is 5.56 Å². The van der Waals surface area contributed by atoms with Crippen LogP contribution in [0.3, 0.4) is 0 Å². The lowest BCUT2D eigenvalue weighted by molar-refractivity contribution is -0.150. The number of rotatable bonds is 7. The number of esters is 1. The van der Waals surface area contributed by atoms with Crippen molar-refractivity contribution in [1.29, 1.82) is 0 Å². The van der Waals surface area contributed by atoms with Crippen LogP contribution in [0.2, 0.25) is 0 Å². The average molecular weight is 348 g/mol. The van der Waals surface area contributed by atoms with E-state index in [2.05, 4.69) is 10.1 Å². The molecule has 0 unspecified atom stereocenters. The van der Waals surface area contributed by atoms with Crippen LogP contribution >= 0.6 is 0 Å². The van der Waals surface area contributed by atoms with Crippen molar-refractivity contribution in [2.45, 2.75) is 6.18 Å². The van der Waals surface area contributed by atoms with E-state index in [0.717, 1.165) is 0 Å². The number of methoxy groups -OCH3 is 1. The van der Waals surface area contributed by atoms with Crippen LogP contribution in [0.25, 0.3) is 0 Å². The van der Waals surface area contributed by atoms with Gasteiger partial charge in [0.1, 0.15) is 18.8 Å². The van der Waals surface area contributed by atoms with Gasteiger partial charge < -0.3 is 20.1 Å². The van der Waals surface area contributed by atoms with Crippen molar-refractivity contribution in [1.82, 2.24) is 10.6 Å². The highest BCUT2D eigenvalue weighted by molar-refractivity contribution is 5.96. The fraction of sp³-hybridized carbons (Fsp3) is 0.357. The predicted octanol–water partition coefficient (Wildman–Crippen LogP) is 0.647. The maximum Gasteiger partial charge on any atom is 0.405 e. The van der Waals surface area contributed by atoms with Gasteiger partial charge in [0.15, 0.2) is 6.61 Å². The Hall–Kier alpha value is -2.78. The monoisotopic (exact) mass is 348 g/mol. The Morgan fingerprint density at radius 1 is 1.08 bits per heavy atom. The van der Waals surface area contributed by atoms with Gasteiger partial charge >= 0.3 is 12.1 Å². The third kappa shape index (κ3) is 7.47. The van der Waals surface area contributed by atoms with Gasteiger partial charge in [-0.3, -0.25) is 14.4 Å². The van der Waals surface area contributed by atoms with Gasteiger partial charge in [0.25, 0.3) is 11.8 Å². The molecule has 24 heavy (non-hydrogen) atoms. The molecule has 0 heterocycles. The van der Waals surface area contributed by atoms with Crippen LogP contribution in [0.5, 0.6) is 5.75 Å². The predicted molar refractivity (Wildman–Crippen MR) is 75.4 cm³/mol. The Labute approximate surface area is 135 Å². The quantitative estimate of drug-likeness (QED) is 0.706. The SMILES string of the molecule is COc1ccc(C(=O)NCC(=O)OCC(=O)NCC(F)(F)F)cc1.